The number of nitrogens with two attached hydrogens (primary N) is 1. The number of anilines is 2. The van der Waals surface area contributed by atoms with Crippen molar-refractivity contribution in [1.29, 1.82) is 0 Å². The van der Waals surface area contributed by atoms with Gasteiger partial charge in [-0.2, -0.15) is 13.2 Å². The Hall–Kier alpha value is -3.11. The summed E-state index contributed by atoms with van der Waals surface area (Å²) in [6.45, 7) is 6.28. The summed E-state index contributed by atoms with van der Waals surface area (Å²) in [4.78, 5) is 13.6. The van der Waals surface area contributed by atoms with E-state index in [4.69, 9.17) is 15.2 Å². The average Bonchev–Trinajstić information content (AvgIpc) is 3.10. The second kappa shape index (κ2) is 9.40. The van der Waals surface area contributed by atoms with Crippen molar-refractivity contribution in [2.24, 2.45) is 13.0 Å². The predicted octanol–water partition coefficient (Wildman–Crippen LogP) is 4.55. The van der Waals surface area contributed by atoms with Crippen LogP contribution in [-0.4, -0.2) is 41.1 Å². The Morgan fingerprint density at radius 2 is 2.00 bits per heavy atom. The van der Waals surface area contributed by atoms with E-state index in [0.717, 1.165) is 6.42 Å². The van der Waals surface area contributed by atoms with E-state index in [1.165, 1.54) is 22.9 Å². The minimum atomic E-state index is -4.70. The molecule has 1 saturated heterocycles. The zero-order chi connectivity index (χ0) is 24.4. The third-order valence-corrected chi connectivity index (χ3v) is 5.13. The highest BCUT2D eigenvalue weighted by atomic mass is 19.4. The summed E-state index contributed by atoms with van der Waals surface area (Å²) in [5, 5.41) is 6.71. The number of hydrogen-bond donors (Lipinski definition) is 2. The van der Waals surface area contributed by atoms with E-state index in [1.54, 1.807) is 38.9 Å². The van der Waals surface area contributed by atoms with E-state index in [2.05, 4.69) is 10.4 Å². The molecule has 2 aromatic rings. The van der Waals surface area contributed by atoms with Crippen LogP contribution in [-0.2, 0) is 18.0 Å². The van der Waals surface area contributed by atoms with Crippen molar-refractivity contribution in [2.45, 2.75) is 45.4 Å². The fourth-order valence-electron chi connectivity index (χ4n) is 3.83. The first-order chi connectivity index (χ1) is 15.3. The number of aromatic nitrogens is 2. The molecule has 0 spiro atoms. The number of ether oxygens (including phenoxy) is 2. The van der Waals surface area contributed by atoms with Crippen LogP contribution in [0.1, 0.15) is 39.2 Å². The molecule has 8 nitrogen and oxygen atoms in total. The lowest BCUT2D eigenvalue weighted by Gasteiger charge is -2.37. The molecule has 0 radical (unpaired) electrons. The molecular formula is C22H30F3N5O3. The second-order valence-electron chi connectivity index (χ2n) is 9.14. The summed E-state index contributed by atoms with van der Waals surface area (Å²) in [7, 11) is 1.64. The van der Waals surface area contributed by atoms with Crippen LogP contribution < -0.4 is 20.7 Å². The highest BCUT2D eigenvalue weighted by Crippen LogP contribution is 2.47. The molecule has 3 rings (SSSR count). The zero-order valence-electron chi connectivity index (χ0n) is 19.2. The molecule has 1 amide bonds. The summed E-state index contributed by atoms with van der Waals surface area (Å²) in [5.41, 5.74) is 4.37. The molecule has 1 aromatic carbocycles. The Morgan fingerprint density at radius 3 is 2.61 bits per heavy atom. The maximum absolute atomic E-state index is 14.2. The van der Waals surface area contributed by atoms with E-state index in [-0.39, 0.29) is 35.5 Å². The molecule has 1 aliphatic rings. The summed E-state index contributed by atoms with van der Waals surface area (Å²) >= 11 is 0. The summed E-state index contributed by atoms with van der Waals surface area (Å²) in [6.07, 6.45) is -2.26. The van der Waals surface area contributed by atoms with Crippen LogP contribution in [0.4, 0.5) is 29.3 Å². The molecule has 2 heterocycles. The number of carbonyl (C=O) groups is 1. The lowest BCUT2D eigenvalue weighted by molar-refractivity contribution is -0.138. The third kappa shape index (κ3) is 6.45. The van der Waals surface area contributed by atoms with Crippen LogP contribution in [0.25, 0.3) is 0 Å². The number of aryl methyl sites for hydroxylation is 1. The van der Waals surface area contributed by atoms with Gasteiger partial charge in [0.1, 0.15) is 16.9 Å². The van der Waals surface area contributed by atoms with E-state index in [1.807, 2.05) is 0 Å². The fraction of sp³-hybridized carbons (Fsp3) is 0.545. The van der Waals surface area contributed by atoms with Crippen molar-refractivity contribution in [3.05, 3.63) is 30.0 Å². The molecule has 0 bridgehead atoms. The smallest absolute Gasteiger partial charge is 0.422 e. The Kier molecular flexibility index (Phi) is 6.99. The first-order valence-corrected chi connectivity index (χ1v) is 10.7. The van der Waals surface area contributed by atoms with Gasteiger partial charge in [-0.3, -0.25) is 4.68 Å². The Bertz CT molecular complexity index is 985. The average molecular weight is 470 g/mol. The molecule has 1 fully saturated rings. The third-order valence-electron chi connectivity index (χ3n) is 5.13. The van der Waals surface area contributed by atoms with Crippen LogP contribution >= 0.6 is 0 Å². The zero-order valence-corrected chi connectivity index (χ0v) is 19.2. The number of piperidine rings is 1. The molecule has 1 aromatic heterocycles. The SMILES string of the molecule is Cn1ccc(Oc2ccc(N)c(N3CCC[C@@H](CNC(=O)OC(C)(C)C)C3)c2C(F)(F)F)n1. The molecule has 33 heavy (non-hydrogen) atoms. The molecule has 1 aliphatic heterocycles. The number of nitrogens with one attached hydrogen (secondary N) is 1. The Balaban J connectivity index is 1.83. The van der Waals surface area contributed by atoms with Crippen LogP contribution in [0, 0.1) is 5.92 Å². The minimum Gasteiger partial charge on any atom is -0.444 e. The van der Waals surface area contributed by atoms with Gasteiger partial charge in [-0.05, 0) is 51.7 Å². The lowest BCUT2D eigenvalue weighted by atomic mass is 9.96. The Labute approximate surface area is 190 Å². The molecule has 3 N–H and O–H groups in total. The van der Waals surface area contributed by atoms with Gasteiger partial charge in [-0.25, -0.2) is 4.79 Å². The van der Waals surface area contributed by atoms with E-state index in [9.17, 15) is 18.0 Å². The normalized spacial score (nSPS) is 17.1. The summed E-state index contributed by atoms with van der Waals surface area (Å²) in [5.74, 6) is -0.372. The molecule has 0 saturated carbocycles. The van der Waals surface area contributed by atoms with Gasteiger partial charge in [0.05, 0.1) is 11.4 Å². The van der Waals surface area contributed by atoms with E-state index in [0.29, 0.717) is 19.5 Å². The van der Waals surface area contributed by atoms with E-state index < -0.39 is 23.4 Å². The summed E-state index contributed by atoms with van der Waals surface area (Å²) in [6, 6.07) is 4.10. The number of alkyl halides is 3. The first kappa shape index (κ1) is 24.5. The van der Waals surface area contributed by atoms with Crippen LogP contribution in [0.3, 0.4) is 0 Å². The van der Waals surface area contributed by atoms with Crippen molar-refractivity contribution in [3.8, 4) is 11.6 Å². The molecule has 0 aliphatic carbocycles. The topological polar surface area (TPSA) is 94.6 Å². The number of alkyl carbamates (subject to hydrolysis) is 1. The highest BCUT2D eigenvalue weighted by Gasteiger charge is 2.41. The van der Waals surface area contributed by atoms with Gasteiger partial charge < -0.3 is 25.4 Å². The number of hydrogen-bond acceptors (Lipinski definition) is 6. The van der Waals surface area contributed by atoms with Crippen LogP contribution in [0.5, 0.6) is 11.6 Å². The number of halogens is 3. The largest absolute Gasteiger partial charge is 0.444 e. The van der Waals surface area contributed by atoms with Gasteiger partial charge in [-0.1, -0.05) is 0 Å². The van der Waals surface area contributed by atoms with Gasteiger partial charge >= 0.3 is 12.3 Å². The number of benzene rings is 1. The maximum Gasteiger partial charge on any atom is 0.422 e. The first-order valence-electron chi connectivity index (χ1n) is 10.7. The van der Waals surface area contributed by atoms with E-state index >= 15 is 0 Å². The molecule has 182 valence electrons. The van der Waals surface area contributed by atoms with Gasteiger partial charge in [0, 0.05) is 38.9 Å². The van der Waals surface area contributed by atoms with Crippen LogP contribution in [0.15, 0.2) is 24.4 Å². The quantitative estimate of drug-likeness (QED) is 0.624. The lowest BCUT2D eigenvalue weighted by Crippen LogP contribution is -2.43. The van der Waals surface area contributed by atoms with Crippen molar-refractivity contribution in [1.82, 2.24) is 15.1 Å². The fourth-order valence-corrected chi connectivity index (χ4v) is 3.83. The molecule has 11 heteroatoms. The van der Waals surface area contributed by atoms with Crippen molar-refractivity contribution in [2.75, 3.05) is 30.3 Å². The minimum absolute atomic E-state index is 0.0106. The maximum atomic E-state index is 14.2. The number of rotatable bonds is 5. The Morgan fingerprint density at radius 1 is 1.27 bits per heavy atom. The number of carbonyl (C=O) groups excluding carboxylic acids is 1. The van der Waals surface area contributed by atoms with Gasteiger partial charge in [0.15, 0.2) is 0 Å². The number of amides is 1. The van der Waals surface area contributed by atoms with Gasteiger partial charge in [-0.15, -0.1) is 5.10 Å². The highest BCUT2D eigenvalue weighted by molar-refractivity contribution is 5.76. The van der Waals surface area contributed by atoms with Crippen molar-refractivity contribution >= 4 is 17.5 Å². The second-order valence-corrected chi connectivity index (χ2v) is 9.14. The molecule has 0 unspecified atom stereocenters. The standard InChI is InChI=1S/C22H30F3N5O3/c1-21(2,3)33-20(31)27-12-14-6-5-10-30(13-14)19-15(26)7-8-16(18(19)22(23,24)25)32-17-9-11-29(4)28-17/h7-9,11,14H,5-6,10,12-13,26H2,1-4H3,(H,27,31)/t14-/m0/s1. The summed E-state index contributed by atoms with van der Waals surface area (Å²) < 4.78 is 54.8. The van der Waals surface area contributed by atoms with Crippen molar-refractivity contribution < 1.29 is 27.4 Å². The number of nitrogens with zero attached hydrogens (tertiary/aromatic N) is 3. The van der Waals surface area contributed by atoms with Gasteiger partial charge in [0.2, 0.25) is 5.88 Å². The number of nitrogen functional groups attached to an aromatic ring is 1. The molecule has 1 atom stereocenters. The monoisotopic (exact) mass is 469 g/mol. The van der Waals surface area contributed by atoms with Gasteiger partial charge in [0.25, 0.3) is 0 Å². The van der Waals surface area contributed by atoms with Crippen LogP contribution in [0.2, 0.25) is 0 Å². The predicted molar refractivity (Wildman–Crippen MR) is 118 cm³/mol. The molecular weight excluding hydrogens is 439 g/mol. The van der Waals surface area contributed by atoms with Crippen molar-refractivity contribution in [3.63, 3.8) is 0 Å².